The van der Waals surface area contributed by atoms with Crippen LogP contribution in [-0.4, -0.2) is 70.7 Å². The van der Waals surface area contributed by atoms with E-state index in [0.29, 0.717) is 13.1 Å². The van der Waals surface area contributed by atoms with E-state index in [-0.39, 0.29) is 54.1 Å². The molecule has 4 unspecified atom stereocenters. The number of carboxylic acid groups (broad SMARTS) is 1. The highest BCUT2D eigenvalue weighted by molar-refractivity contribution is 5.80. The molecule has 4 atom stereocenters. The number of anilines is 1. The Kier molecular flexibility index (Phi) is 11.9. The maximum atomic E-state index is 12.1. The predicted molar refractivity (Wildman–Crippen MR) is 195 cm³/mol. The van der Waals surface area contributed by atoms with E-state index in [2.05, 4.69) is 28.1 Å². The second-order valence-corrected chi connectivity index (χ2v) is 13.4. The summed E-state index contributed by atoms with van der Waals surface area (Å²) in [6.45, 7) is 6.33. The average Bonchev–Trinajstić information content (AvgIpc) is 3.17. The quantitative estimate of drug-likeness (QED) is 0.114. The van der Waals surface area contributed by atoms with Crippen LogP contribution in [0.3, 0.4) is 0 Å². The number of amides is 1. The molecule has 0 aromatic heterocycles. The Bertz CT molecular complexity index is 1840. The molecule has 12 nitrogen and oxygen atoms in total. The molecule has 0 saturated carbocycles. The number of aliphatic carboxylic acids is 1. The predicted octanol–water partition coefficient (Wildman–Crippen LogP) is 5.85. The topological polar surface area (TPSA) is 155 Å². The Labute approximate surface area is 302 Å². The number of hydrogen-bond acceptors (Lipinski definition) is 9. The maximum Gasteiger partial charge on any atom is 0.303 e. The Morgan fingerprint density at radius 3 is 2.21 bits per heavy atom. The number of carboxylic acids is 1. The number of nitrogens with zero attached hydrogens (tertiary/aromatic N) is 3. The molecule has 4 aromatic carbocycles. The summed E-state index contributed by atoms with van der Waals surface area (Å²) in [5.74, 6) is -1.29. The van der Waals surface area contributed by atoms with E-state index in [1.165, 1.54) is 0 Å². The van der Waals surface area contributed by atoms with Crippen molar-refractivity contribution in [3.05, 3.63) is 129 Å². The van der Waals surface area contributed by atoms with Gasteiger partial charge in [0.25, 0.3) is 5.69 Å². The summed E-state index contributed by atoms with van der Waals surface area (Å²) in [4.78, 5) is 38.3. The standard InChI is InChI=1S/C40H44N4O8/c1-27-36(25-42-18-20-43(21-19-42)34-12-14-35(15-13-34)44(49)50)51-40(52-39(27)30-10-8-28(26-45)9-11-30)33-7-3-6-32(23-33)31-5-2-4-29(22-31)24-41-37(46)16-17-38(47)48/h2-15,22-23,27,36,39-40,45H,16-21,24-26H2,1H3,(H,41,46)(H,47,48). The van der Waals surface area contributed by atoms with Gasteiger partial charge >= 0.3 is 5.97 Å². The van der Waals surface area contributed by atoms with Crippen LogP contribution in [0, 0.1) is 16.0 Å². The number of benzene rings is 4. The van der Waals surface area contributed by atoms with E-state index in [1.807, 2.05) is 78.9 Å². The fourth-order valence-electron chi connectivity index (χ4n) is 6.79. The molecular formula is C40H44N4O8. The maximum absolute atomic E-state index is 12.1. The van der Waals surface area contributed by atoms with E-state index < -0.39 is 12.3 Å². The van der Waals surface area contributed by atoms with Crippen molar-refractivity contribution in [3.63, 3.8) is 0 Å². The van der Waals surface area contributed by atoms with Gasteiger partial charge in [-0.05, 0) is 52.1 Å². The number of carbonyl (C=O) groups excluding carboxylic acids is 1. The van der Waals surface area contributed by atoms with Crippen molar-refractivity contribution in [3.8, 4) is 11.1 Å². The van der Waals surface area contributed by atoms with E-state index in [4.69, 9.17) is 14.6 Å². The highest BCUT2D eigenvalue weighted by Gasteiger charge is 2.39. The number of nitrogens with one attached hydrogen (secondary N) is 1. The summed E-state index contributed by atoms with van der Waals surface area (Å²) in [7, 11) is 0. The van der Waals surface area contributed by atoms with Crippen molar-refractivity contribution >= 4 is 23.3 Å². The number of aliphatic hydroxyl groups is 1. The molecule has 0 radical (unpaired) electrons. The molecule has 12 heteroatoms. The van der Waals surface area contributed by atoms with Gasteiger partial charge in [-0.2, -0.15) is 0 Å². The summed E-state index contributed by atoms with van der Waals surface area (Å²) in [6.07, 6.45) is -1.32. The SMILES string of the molecule is CC1C(CN2CCN(c3ccc([N+](=O)[O-])cc3)CC2)OC(c2cccc(-c3cccc(CNC(=O)CCC(=O)O)c3)c2)OC1c1ccc(CO)cc1. The van der Waals surface area contributed by atoms with Gasteiger partial charge in [-0.15, -0.1) is 0 Å². The lowest BCUT2D eigenvalue weighted by Gasteiger charge is -2.44. The van der Waals surface area contributed by atoms with Crippen LogP contribution in [0.15, 0.2) is 97.1 Å². The fourth-order valence-corrected chi connectivity index (χ4v) is 6.79. The molecule has 272 valence electrons. The summed E-state index contributed by atoms with van der Waals surface area (Å²) in [6, 6.07) is 30.5. The van der Waals surface area contributed by atoms with Crippen molar-refractivity contribution in [2.45, 2.75) is 51.4 Å². The molecule has 1 amide bonds. The third kappa shape index (κ3) is 9.20. The molecule has 0 bridgehead atoms. The molecular weight excluding hydrogens is 664 g/mol. The highest BCUT2D eigenvalue weighted by Crippen LogP contribution is 2.42. The van der Waals surface area contributed by atoms with Crippen molar-refractivity contribution in [1.82, 2.24) is 10.2 Å². The summed E-state index contributed by atoms with van der Waals surface area (Å²) >= 11 is 0. The van der Waals surface area contributed by atoms with Gasteiger partial charge in [-0.1, -0.05) is 67.6 Å². The van der Waals surface area contributed by atoms with Crippen molar-refractivity contribution in [1.29, 1.82) is 0 Å². The van der Waals surface area contributed by atoms with E-state index >= 15 is 0 Å². The summed E-state index contributed by atoms with van der Waals surface area (Å²) < 4.78 is 13.5. The Morgan fingerprint density at radius 2 is 1.54 bits per heavy atom. The second kappa shape index (κ2) is 16.9. The van der Waals surface area contributed by atoms with E-state index in [1.54, 1.807) is 12.1 Å². The molecule has 4 aromatic rings. The summed E-state index contributed by atoms with van der Waals surface area (Å²) in [5, 5.41) is 32.4. The van der Waals surface area contributed by atoms with Crippen LogP contribution in [0.25, 0.3) is 11.1 Å². The minimum absolute atomic E-state index is 0.0227. The van der Waals surface area contributed by atoms with Crippen LogP contribution in [0.5, 0.6) is 0 Å². The zero-order valence-corrected chi connectivity index (χ0v) is 29.1. The summed E-state index contributed by atoms with van der Waals surface area (Å²) in [5.41, 5.74) is 6.59. The minimum atomic E-state index is -1.01. The van der Waals surface area contributed by atoms with E-state index in [9.17, 15) is 24.8 Å². The molecule has 0 spiro atoms. The van der Waals surface area contributed by atoms with Crippen LogP contribution in [-0.2, 0) is 32.2 Å². The minimum Gasteiger partial charge on any atom is -0.481 e. The zero-order chi connectivity index (χ0) is 36.6. The highest BCUT2D eigenvalue weighted by atomic mass is 16.7. The van der Waals surface area contributed by atoms with Crippen molar-refractivity contribution in [2.24, 2.45) is 5.92 Å². The monoisotopic (exact) mass is 708 g/mol. The van der Waals surface area contributed by atoms with Gasteiger partial charge in [0, 0.05) is 75.0 Å². The molecule has 2 saturated heterocycles. The Morgan fingerprint density at radius 1 is 0.846 bits per heavy atom. The largest absolute Gasteiger partial charge is 0.481 e. The third-order valence-corrected chi connectivity index (χ3v) is 9.83. The Hall–Kier alpha value is -5.14. The van der Waals surface area contributed by atoms with Gasteiger partial charge in [0.1, 0.15) is 0 Å². The third-order valence-electron chi connectivity index (χ3n) is 9.83. The molecule has 2 fully saturated rings. The number of rotatable bonds is 13. The number of hydrogen-bond donors (Lipinski definition) is 3. The molecule has 6 rings (SSSR count). The first-order valence-electron chi connectivity index (χ1n) is 17.6. The molecule has 0 aliphatic carbocycles. The number of aliphatic hydroxyl groups excluding tert-OH is 1. The number of nitro groups is 1. The molecule has 52 heavy (non-hydrogen) atoms. The van der Waals surface area contributed by atoms with Gasteiger partial charge in [0.05, 0.1) is 30.2 Å². The molecule has 2 aliphatic rings. The van der Waals surface area contributed by atoms with Gasteiger partial charge in [0.15, 0.2) is 6.29 Å². The van der Waals surface area contributed by atoms with Crippen LogP contribution in [0.1, 0.15) is 54.4 Å². The first-order chi connectivity index (χ1) is 25.2. The van der Waals surface area contributed by atoms with Crippen LogP contribution in [0.2, 0.25) is 0 Å². The number of nitro benzene ring substituents is 1. The van der Waals surface area contributed by atoms with E-state index in [0.717, 1.165) is 65.2 Å². The number of piperazine rings is 1. The normalized spacial score (nSPS) is 20.7. The van der Waals surface area contributed by atoms with Gasteiger partial charge in [-0.25, -0.2) is 0 Å². The number of carbonyl (C=O) groups is 2. The Balaban J connectivity index is 1.17. The average molecular weight is 709 g/mol. The lowest BCUT2D eigenvalue weighted by molar-refractivity contribution is -0.384. The van der Waals surface area contributed by atoms with Crippen molar-refractivity contribution < 1.29 is 34.2 Å². The van der Waals surface area contributed by atoms with Crippen LogP contribution >= 0.6 is 0 Å². The van der Waals surface area contributed by atoms with Crippen LogP contribution in [0.4, 0.5) is 11.4 Å². The lowest BCUT2D eigenvalue weighted by atomic mass is 9.89. The first-order valence-corrected chi connectivity index (χ1v) is 17.6. The second-order valence-electron chi connectivity index (χ2n) is 13.4. The van der Waals surface area contributed by atoms with Crippen LogP contribution < -0.4 is 10.2 Å². The smallest absolute Gasteiger partial charge is 0.303 e. The van der Waals surface area contributed by atoms with Crippen molar-refractivity contribution in [2.75, 3.05) is 37.6 Å². The van der Waals surface area contributed by atoms with Gasteiger partial charge < -0.3 is 29.9 Å². The molecule has 2 heterocycles. The van der Waals surface area contributed by atoms with Gasteiger partial charge in [0.2, 0.25) is 5.91 Å². The molecule has 3 N–H and O–H groups in total. The van der Waals surface area contributed by atoms with Gasteiger partial charge in [-0.3, -0.25) is 24.6 Å². The first kappa shape index (κ1) is 36.6. The number of ether oxygens (including phenoxy) is 2. The number of non-ortho nitro benzene ring substituents is 1. The fraction of sp³-hybridized carbons (Fsp3) is 0.350. The molecule has 2 aliphatic heterocycles. The lowest BCUT2D eigenvalue weighted by Crippen LogP contribution is -2.51. The zero-order valence-electron chi connectivity index (χ0n) is 29.1.